The quantitative estimate of drug-likeness (QED) is 0.625. The number of sulfonamides is 1. The molecule has 1 amide bonds. The molecule has 11 heteroatoms. The van der Waals surface area contributed by atoms with Crippen molar-refractivity contribution < 1.29 is 22.5 Å². The second kappa shape index (κ2) is 9.65. The first-order valence-electron chi connectivity index (χ1n) is 10.8. The summed E-state index contributed by atoms with van der Waals surface area (Å²) in [5, 5.41) is 4.08. The summed E-state index contributed by atoms with van der Waals surface area (Å²) in [5.41, 5.74) is 0.699. The number of rotatable bonds is 6. The minimum absolute atomic E-state index is 0.0104. The van der Waals surface area contributed by atoms with Gasteiger partial charge in [0, 0.05) is 57.9 Å². The third-order valence-corrected chi connectivity index (χ3v) is 8.03. The zero-order valence-electron chi connectivity index (χ0n) is 18.4. The maximum atomic E-state index is 12.9. The van der Waals surface area contributed by atoms with E-state index in [1.165, 1.54) is 11.4 Å². The van der Waals surface area contributed by atoms with Gasteiger partial charge in [0.1, 0.15) is 6.61 Å². The first-order chi connectivity index (χ1) is 15.4. The van der Waals surface area contributed by atoms with E-state index in [0.717, 1.165) is 25.9 Å². The fourth-order valence-electron chi connectivity index (χ4n) is 4.06. The molecular weight excluding hydrogens is 434 g/mol. The van der Waals surface area contributed by atoms with Crippen LogP contribution in [-0.4, -0.2) is 98.6 Å². The fraction of sp³-hybridized carbons (Fsp3) is 0.571. The lowest BCUT2D eigenvalue weighted by molar-refractivity contribution is -0.136. The third-order valence-electron chi connectivity index (χ3n) is 6.12. The molecule has 2 saturated heterocycles. The molecule has 2 aliphatic heterocycles. The predicted octanol–water partition coefficient (Wildman–Crippen LogP) is 1.03. The summed E-state index contributed by atoms with van der Waals surface area (Å²) in [4.78, 5) is 20.6. The zero-order chi connectivity index (χ0) is 22.7. The highest BCUT2D eigenvalue weighted by Crippen LogP contribution is 2.29. The molecule has 0 atom stereocenters. The molecule has 3 heterocycles. The van der Waals surface area contributed by atoms with E-state index in [-0.39, 0.29) is 23.3 Å². The SMILES string of the molecule is COCC(=O)N1CCC(c2nc(-c3ccc(S(=O)(=O)N4CCN(C)CC4)cc3)no2)CC1. The minimum atomic E-state index is -3.51. The molecule has 32 heavy (non-hydrogen) atoms. The van der Waals surface area contributed by atoms with Crippen LogP contribution in [0.15, 0.2) is 33.7 Å². The molecule has 0 bridgehead atoms. The number of likely N-dealkylation sites (tertiary alicyclic amines) is 1. The van der Waals surface area contributed by atoms with Crippen LogP contribution in [0.3, 0.4) is 0 Å². The van der Waals surface area contributed by atoms with Gasteiger partial charge in [-0.25, -0.2) is 8.42 Å². The molecule has 4 rings (SSSR count). The Morgan fingerprint density at radius 1 is 1.09 bits per heavy atom. The van der Waals surface area contributed by atoms with Crippen molar-refractivity contribution in [3.8, 4) is 11.4 Å². The number of hydrogen-bond acceptors (Lipinski definition) is 8. The molecule has 2 fully saturated rings. The maximum absolute atomic E-state index is 12.9. The summed E-state index contributed by atoms with van der Waals surface area (Å²) < 4.78 is 37.7. The molecule has 1 aromatic carbocycles. The van der Waals surface area contributed by atoms with E-state index in [9.17, 15) is 13.2 Å². The summed E-state index contributed by atoms with van der Waals surface area (Å²) in [6.45, 7) is 3.78. The number of likely N-dealkylation sites (N-methyl/N-ethyl adjacent to an activating group) is 1. The van der Waals surface area contributed by atoms with E-state index in [4.69, 9.17) is 9.26 Å². The van der Waals surface area contributed by atoms with Crippen molar-refractivity contribution in [3.05, 3.63) is 30.2 Å². The lowest BCUT2D eigenvalue weighted by Crippen LogP contribution is -2.46. The van der Waals surface area contributed by atoms with E-state index >= 15 is 0 Å². The van der Waals surface area contributed by atoms with Crippen molar-refractivity contribution >= 4 is 15.9 Å². The van der Waals surface area contributed by atoms with Gasteiger partial charge in [0.25, 0.3) is 0 Å². The number of nitrogens with zero attached hydrogens (tertiary/aromatic N) is 5. The van der Waals surface area contributed by atoms with Gasteiger partial charge >= 0.3 is 0 Å². The molecule has 0 saturated carbocycles. The van der Waals surface area contributed by atoms with Gasteiger partial charge in [-0.05, 0) is 44.2 Å². The van der Waals surface area contributed by atoms with Crippen LogP contribution in [0.5, 0.6) is 0 Å². The normalized spacial score (nSPS) is 19.4. The Labute approximate surface area is 188 Å². The van der Waals surface area contributed by atoms with E-state index in [1.807, 2.05) is 7.05 Å². The largest absolute Gasteiger partial charge is 0.375 e. The Balaban J connectivity index is 1.40. The lowest BCUT2D eigenvalue weighted by Gasteiger charge is -2.31. The third kappa shape index (κ3) is 4.85. The van der Waals surface area contributed by atoms with Crippen LogP contribution in [0.4, 0.5) is 0 Å². The number of aromatic nitrogens is 2. The molecule has 0 N–H and O–H groups in total. The number of hydrogen-bond donors (Lipinski definition) is 0. The highest BCUT2D eigenvalue weighted by Gasteiger charge is 2.29. The van der Waals surface area contributed by atoms with Gasteiger partial charge in [-0.15, -0.1) is 0 Å². The number of amides is 1. The topological polar surface area (TPSA) is 109 Å². The molecule has 10 nitrogen and oxygen atoms in total. The Hall–Kier alpha value is -2.34. The van der Waals surface area contributed by atoms with Crippen molar-refractivity contribution in [3.63, 3.8) is 0 Å². The molecule has 0 radical (unpaired) electrons. The van der Waals surface area contributed by atoms with Gasteiger partial charge < -0.3 is 19.1 Å². The summed E-state index contributed by atoms with van der Waals surface area (Å²) in [6, 6.07) is 6.62. The molecule has 0 spiro atoms. The van der Waals surface area contributed by atoms with Gasteiger partial charge in [-0.1, -0.05) is 5.16 Å². The van der Waals surface area contributed by atoms with E-state index in [0.29, 0.717) is 43.5 Å². The fourth-order valence-corrected chi connectivity index (χ4v) is 5.48. The smallest absolute Gasteiger partial charge is 0.248 e. The number of piperidine rings is 1. The van der Waals surface area contributed by atoms with Crippen LogP contribution in [0.2, 0.25) is 0 Å². The highest BCUT2D eigenvalue weighted by atomic mass is 32.2. The number of benzene rings is 1. The van der Waals surface area contributed by atoms with Crippen LogP contribution in [0.1, 0.15) is 24.7 Å². The lowest BCUT2D eigenvalue weighted by atomic mass is 9.97. The monoisotopic (exact) mass is 463 g/mol. The van der Waals surface area contributed by atoms with Crippen molar-refractivity contribution in [2.75, 3.05) is 60.0 Å². The summed E-state index contributed by atoms with van der Waals surface area (Å²) >= 11 is 0. The zero-order valence-corrected chi connectivity index (χ0v) is 19.3. The van der Waals surface area contributed by atoms with Crippen molar-refractivity contribution in [1.82, 2.24) is 24.2 Å². The average molecular weight is 464 g/mol. The minimum Gasteiger partial charge on any atom is -0.375 e. The van der Waals surface area contributed by atoms with Crippen LogP contribution in [0.25, 0.3) is 11.4 Å². The van der Waals surface area contributed by atoms with Crippen LogP contribution in [-0.2, 0) is 19.6 Å². The summed E-state index contributed by atoms with van der Waals surface area (Å²) in [6.07, 6.45) is 1.50. The van der Waals surface area contributed by atoms with Crippen molar-refractivity contribution in [2.24, 2.45) is 0 Å². The average Bonchev–Trinajstić information content (AvgIpc) is 3.30. The van der Waals surface area contributed by atoms with Gasteiger partial charge in [0.2, 0.25) is 27.6 Å². The Bertz CT molecular complexity index is 1020. The molecule has 2 aromatic rings. The number of ether oxygens (including phenoxy) is 1. The van der Waals surface area contributed by atoms with Gasteiger partial charge in [0.15, 0.2) is 0 Å². The van der Waals surface area contributed by atoms with Crippen LogP contribution >= 0.6 is 0 Å². The first-order valence-corrected chi connectivity index (χ1v) is 12.2. The second-order valence-electron chi connectivity index (χ2n) is 8.28. The Kier molecular flexibility index (Phi) is 6.89. The number of piperazine rings is 1. The molecule has 1 aromatic heterocycles. The van der Waals surface area contributed by atoms with Gasteiger partial charge in [-0.3, -0.25) is 4.79 Å². The van der Waals surface area contributed by atoms with E-state index < -0.39 is 10.0 Å². The molecule has 0 unspecified atom stereocenters. The van der Waals surface area contributed by atoms with Crippen molar-refractivity contribution in [1.29, 1.82) is 0 Å². The summed E-state index contributed by atoms with van der Waals surface area (Å²) in [5.74, 6) is 1.07. The Morgan fingerprint density at radius 2 is 1.75 bits per heavy atom. The standard InChI is InChI=1S/C21H29N5O5S/c1-24-11-13-26(14-12-24)32(28,29)18-5-3-16(4-6-18)20-22-21(31-23-20)17-7-9-25(10-8-17)19(27)15-30-2/h3-6,17H,7-15H2,1-2H3. The van der Waals surface area contributed by atoms with Crippen molar-refractivity contribution in [2.45, 2.75) is 23.7 Å². The second-order valence-corrected chi connectivity index (χ2v) is 10.2. The Morgan fingerprint density at radius 3 is 2.38 bits per heavy atom. The predicted molar refractivity (Wildman–Crippen MR) is 116 cm³/mol. The van der Waals surface area contributed by atoms with Crippen LogP contribution in [0, 0.1) is 0 Å². The van der Waals surface area contributed by atoms with Gasteiger partial charge in [0.05, 0.1) is 4.90 Å². The maximum Gasteiger partial charge on any atom is 0.248 e. The first kappa shape index (κ1) is 22.8. The molecular formula is C21H29N5O5S. The molecule has 0 aliphatic carbocycles. The van der Waals surface area contributed by atoms with Gasteiger partial charge in [-0.2, -0.15) is 9.29 Å². The number of carbonyl (C=O) groups is 1. The summed E-state index contributed by atoms with van der Waals surface area (Å²) in [7, 11) is -0.0104. The molecule has 2 aliphatic rings. The number of carbonyl (C=O) groups excluding carboxylic acids is 1. The highest BCUT2D eigenvalue weighted by molar-refractivity contribution is 7.89. The number of methoxy groups -OCH3 is 1. The van der Waals surface area contributed by atoms with E-state index in [2.05, 4.69) is 15.0 Å². The molecule has 174 valence electrons. The van der Waals surface area contributed by atoms with Crippen LogP contribution < -0.4 is 0 Å². The van der Waals surface area contributed by atoms with E-state index in [1.54, 1.807) is 29.2 Å².